The Bertz CT molecular complexity index is 482. The molecular weight excluding hydrogens is 278 g/mol. The van der Waals surface area contributed by atoms with Gasteiger partial charge in [-0.1, -0.05) is 55.1 Å². The molecule has 2 aliphatic rings. The zero-order valence-electron chi connectivity index (χ0n) is 12.9. The Labute approximate surface area is 134 Å². The lowest BCUT2D eigenvalue weighted by molar-refractivity contribution is 0.378. The second-order valence-electron chi connectivity index (χ2n) is 6.53. The highest BCUT2D eigenvalue weighted by Gasteiger charge is 2.17. The molecule has 3 rings (SSSR count). The largest absolute Gasteiger partial charge is 0.300 e. The van der Waals surface area contributed by atoms with Crippen molar-refractivity contribution in [2.45, 2.75) is 50.9 Å². The second kappa shape index (κ2) is 7.47. The molecule has 0 unspecified atom stereocenters. The number of benzene rings is 1. The van der Waals surface area contributed by atoms with E-state index >= 15 is 0 Å². The van der Waals surface area contributed by atoms with E-state index < -0.39 is 0 Å². The van der Waals surface area contributed by atoms with Crippen LogP contribution in [0.3, 0.4) is 0 Å². The van der Waals surface area contributed by atoms with Crippen LogP contribution in [-0.4, -0.2) is 24.5 Å². The van der Waals surface area contributed by atoms with E-state index in [0.717, 1.165) is 11.6 Å². The molecule has 0 spiro atoms. The summed E-state index contributed by atoms with van der Waals surface area (Å²) < 4.78 is 0. The van der Waals surface area contributed by atoms with Gasteiger partial charge < -0.3 is 0 Å². The summed E-state index contributed by atoms with van der Waals surface area (Å²) in [4.78, 5) is 2.51. The van der Waals surface area contributed by atoms with Gasteiger partial charge in [0.15, 0.2) is 0 Å². The molecule has 114 valence electrons. The molecule has 0 radical (unpaired) electrons. The number of halogens is 1. The molecule has 1 saturated carbocycles. The fraction of sp³-hybridized carbons (Fsp3) is 0.579. The molecule has 21 heavy (non-hydrogen) atoms. The normalized spacial score (nSPS) is 21.4. The van der Waals surface area contributed by atoms with Crippen molar-refractivity contribution in [3.63, 3.8) is 0 Å². The van der Waals surface area contributed by atoms with E-state index in [0.29, 0.717) is 5.92 Å². The molecule has 2 fully saturated rings. The standard InChI is InChI=1S/C19H26ClN/c20-19-15-16(7-6-14-21-12-4-5-13-21)10-11-18(19)17-8-2-1-3-9-17/h6-7,10-11,15,17H,1-5,8-9,12-14H2. The first kappa shape index (κ1) is 15.1. The van der Waals surface area contributed by atoms with Crippen molar-refractivity contribution in [2.24, 2.45) is 0 Å². The smallest absolute Gasteiger partial charge is 0.0446 e. The molecule has 0 N–H and O–H groups in total. The Morgan fingerprint density at radius 3 is 2.52 bits per heavy atom. The summed E-state index contributed by atoms with van der Waals surface area (Å²) >= 11 is 6.52. The van der Waals surface area contributed by atoms with E-state index in [4.69, 9.17) is 11.6 Å². The van der Waals surface area contributed by atoms with Crippen molar-refractivity contribution in [1.29, 1.82) is 0 Å². The van der Waals surface area contributed by atoms with E-state index in [-0.39, 0.29) is 0 Å². The van der Waals surface area contributed by atoms with Crippen LogP contribution in [-0.2, 0) is 0 Å². The fourth-order valence-electron chi connectivity index (χ4n) is 3.69. The van der Waals surface area contributed by atoms with E-state index in [1.54, 1.807) is 0 Å². The maximum absolute atomic E-state index is 6.52. The van der Waals surface area contributed by atoms with Gasteiger partial charge in [0, 0.05) is 11.6 Å². The average molecular weight is 304 g/mol. The molecule has 1 aliphatic heterocycles. The first-order valence-corrected chi connectivity index (χ1v) is 8.89. The topological polar surface area (TPSA) is 3.24 Å². The Morgan fingerprint density at radius 2 is 1.81 bits per heavy atom. The van der Waals surface area contributed by atoms with Crippen LogP contribution < -0.4 is 0 Å². The number of hydrogen-bond donors (Lipinski definition) is 0. The molecule has 0 amide bonds. The summed E-state index contributed by atoms with van der Waals surface area (Å²) in [5.41, 5.74) is 2.60. The summed E-state index contributed by atoms with van der Waals surface area (Å²) in [6.07, 6.45) is 13.9. The van der Waals surface area contributed by atoms with Crippen molar-refractivity contribution in [3.05, 3.63) is 40.4 Å². The highest BCUT2D eigenvalue weighted by Crippen LogP contribution is 2.36. The van der Waals surface area contributed by atoms with Crippen molar-refractivity contribution in [3.8, 4) is 0 Å². The quantitative estimate of drug-likeness (QED) is 0.710. The summed E-state index contributed by atoms with van der Waals surface area (Å²) in [6, 6.07) is 6.64. The van der Waals surface area contributed by atoms with Crippen LogP contribution in [0, 0.1) is 0 Å². The summed E-state index contributed by atoms with van der Waals surface area (Å²) in [6.45, 7) is 3.58. The molecule has 1 heterocycles. The highest BCUT2D eigenvalue weighted by atomic mass is 35.5. The first-order valence-electron chi connectivity index (χ1n) is 8.51. The molecule has 2 heteroatoms. The van der Waals surface area contributed by atoms with Gasteiger partial charge in [-0.25, -0.2) is 0 Å². The molecule has 1 aromatic rings. The SMILES string of the molecule is Clc1cc(C=CCN2CCCC2)ccc1C1CCCCC1. The number of hydrogen-bond acceptors (Lipinski definition) is 1. The van der Waals surface area contributed by atoms with Gasteiger partial charge in [0.2, 0.25) is 0 Å². The second-order valence-corrected chi connectivity index (χ2v) is 6.93. The first-order chi connectivity index (χ1) is 10.3. The van der Waals surface area contributed by atoms with Gasteiger partial charge in [-0.2, -0.15) is 0 Å². The molecule has 0 bridgehead atoms. The lowest BCUT2D eigenvalue weighted by Gasteiger charge is -2.23. The van der Waals surface area contributed by atoms with Crippen LogP contribution in [0.2, 0.25) is 5.02 Å². The van der Waals surface area contributed by atoms with E-state index in [1.165, 1.54) is 69.2 Å². The van der Waals surface area contributed by atoms with Crippen molar-refractivity contribution < 1.29 is 0 Å². The zero-order valence-corrected chi connectivity index (χ0v) is 13.6. The average Bonchev–Trinajstić information content (AvgIpc) is 3.02. The van der Waals surface area contributed by atoms with Crippen LogP contribution in [0.4, 0.5) is 0 Å². The van der Waals surface area contributed by atoms with Crippen LogP contribution in [0.25, 0.3) is 6.08 Å². The minimum atomic E-state index is 0.689. The Morgan fingerprint density at radius 1 is 1.05 bits per heavy atom. The lowest BCUT2D eigenvalue weighted by Crippen LogP contribution is -2.18. The molecule has 1 aromatic carbocycles. The van der Waals surface area contributed by atoms with Crippen molar-refractivity contribution in [1.82, 2.24) is 4.90 Å². The predicted molar refractivity (Wildman–Crippen MR) is 92.0 cm³/mol. The highest BCUT2D eigenvalue weighted by molar-refractivity contribution is 6.31. The van der Waals surface area contributed by atoms with E-state index in [2.05, 4.69) is 35.3 Å². The molecule has 0 atom stereocenters. The third-order valence-electron chi connectivity index (χ3n) is 4.94. The van der Waals surface area contributed by atoms with Crippen molar-refractivity contribution in [2.75, 3.05) is 19.6 Å². The Kier molecular flexibility index (Phi) is 5.38. The molecule has 1 nitrogen and oxygen atoms in total. The predicted octanol–water partition coefficient (Wildman–Crippen LogP) is 5.50. The van der Waals surface area contributed by atoms with Gasteiger partial charge in [-0.3, -0.25) is 4.90 Å². The third-order valence-corrected chi connectivity index (χ3v) is 5.27. The monoisotopic (exact) mass is 303 g/mol. The number of rotatable bonds is 4. The van der Waals surface area contributed by atoms with Gasteiger partial charge in [0.25, 0.3) is 0 Å². The minimum absolute atomic E-state index is 0.689. The van der Waals surface area contributed by atoms with Gasteiger partial charge in [0.1, 0.15) is 0 Å². The van der Waals surface area contributed by atoms with Gasteiger partial charge in [-0.05, 0) is 61.9 Å². The van der Waals surface area contributed by atoms with Crippen LogP contribution in [0.1, 0.15) is 62.0 Å². The Hall–Kier alpha value is -0.790. The van der Waals surface area contributed by atoms with E-state index in [1.807, 2.05) is 0 Å². The van der Waals surface area contributed by atoms with Crippen LogP contribution in [0.15, 0.2) is 24.3 Å². The van der Waals surface area contributed by atoms with Crippen LogP contribution in [0.5, 0.6) is 0 Å². The summed E-state index contributed by atoms with van der Waals surface area (Å²) in [5, 5.41) is 0.963. The maximum Gasteiger partial charge on any atom is 0.0446 e. The molecule has 1 aliphatic carbocycles. The number of nitrogens with zero attached hydrogens (tertiary/aromatic N) is 1. The minimum Gasteiger partial charge on any atom is -0.300 e. The Balaban J connectivity index is 1.61. The molecule has 1 saturated heterocycles. The molecular formula is C19H26ClN. The zero-order chi connectivity index (χ0) is 14.5. The fourth-order valence-corrected chi connectivity index (χ4v) is 4.04. The third kappa shape index (κ3) is 4.11. The van der Waals surface area contributed by atoms with Crippen molar-refractivity contribution >= 4 is 17.7 Å². The van der Waals surface area contributed by atoms with E-state index in [9.17, 15) is 0 Å². The summed E-state index contributed by atoms with van der Waals surface area (Å²) in [7, 11) is 0. The van der Waals surface area contributed by atoms with Gasteiger partial charge >= 0.3 is 0 Å². The maximum atomic E-state index is 6.52. The van der Waals surface area contributed by atoms with Gasteiger partial charge in [0.05, 0.1) is 0 Å². The van der Waals surface area contributed by atoms with Gasteiger partial charge in [-0.15, -0.1) is 0 Å². The lowest BCUT2D eigenvalue weighted by atomic mass is 9.84. The van der Waals surface area contributed by atoms with Crippen LogP contribution >= 0.6 is 11.6 Å². The molecule has 0 aromatic heterocycles. The summed E-state index contributed by atoms with van der Waals surface area (Å²) in [5.74, 6) is 0.689. The number of likely N-dealkylation sites (tertiary alicyclic amines) is 1.